The fraction of sp³-hybridized carbons (Fsp3) is 0.375. The van der Waals surface area contributed by atoms with Crippen molar-refractivity contribution >= 4 is 26.4 Å². The van der Waals surface area contributed by atoms with Gasteiger partial charge in [0.2, 0.25) is 0 Å². The molecule has 3 heteroatoms. The van der Waals surface area contributed by atoms with E-state index in [1.54, 1.807) is 5.57 Å². The summed E-state index contributed by atoms with van der Waals surface area (Å²) in [5.74, 6) is 0. The van der Waals surface area contributed by atoms with Crippen molar-refractivity contribution in [2.75, 3.05) is 7.05 Å². The summed E-state index contributed by atoms with van der Waals surface area (Å²) in [6, 6.07) is 0. The number of nitrogens with zero attached hydrogens (tertiary/aromatic N) is 2. The molecule has 58 valence electrons. The lowest BCUT2D eigenvalue weighted by atomic mass is 10.3. The first kappa shape index (κ1) is 7.34. The summed E-state index contributed by atoms with van der Waals surface area (Å²) in [6.07, 6.45) is 6.51. The second kappa shape index (κ2) is 2.62. The Bertz CT molecular complexity index is 270. The van der Waals surface area contributed by atoms with Crippen LogP contribution < -0.4 is 0 Å². The maximum absolute atomic E-state index is 4.19. The van der Waals surface area contributed by atoms with Gasteiger partial charge in [0.05, 0.1) is 0 Å². The zero-order valence-corrected chi connectivity index (χ0v) is 8.50. The molecule has 11 heavy (non-hydrogen) atoms. The normalized spacial score (nSPS) is 22.4. The third-order valence-corrected chi connectivity index (χ3v) is 2.92. The number of likely N-dealkylation sites (N-methyl/N-ethyl adjacent to an activating group) is 1. The summed E-state index contributed by atoms with van der Waals surface area (Å²) in [7, 11) is 2.06. The molecule has 0 amide bonds. The summed E-state index contributed by atoms with van der Waals surface area (Å²) in [4.78, 5) is 6.33. The van der Waals surface area contributed by atoms with Gasteiger partial charge in [0.15, 0.2) is 3.84 Å². The van der Waals surface area contributed by atoms with Gasteiger partial charge < -0.3 is 4.90 Å². The molecule has 2 nitrogen and oxygen atoms in total. The Balaban J connectivity index is 2.33. The van der Waals surface area contributed by atoms with Crippen LogP contribution in [0.4, 0.5) is 0 Å². The molecule has 0 unspecified atom stereocenters. The lowest BCUT2D eigenvalue weighted by Crippen LogP contribution is -2.22. The molecular formula is C8H9IN2. The minimum Gasteiger partial charge on any atom is -0.324 e. The van der Waals surface area contributed by atoms with Crippen LogP contribution in [0.15, 0.2) is 28.5 Å². The molecule has 2 rings (SSSR count). The zero-order valence-electron chi connectivity index (χ0n) is 6.34. The summed E-state index contributed by atoms with van der Waals surface area (Å²) < 4.78 is 1.06. The summed E-state index contributed by atoms with van der Waals surface area (Å²) in [5, 5.41) is 0. The molecule has 0 atom stereocenters. The van der Waals surface area contributed by atoms with E-state index >= 15 is 0 Å². The van der Waals surface area contributed by atoms with Crippen LogP contribution in [-0.2, 0) is 0 Å². The van der Waals surface area contributed by atoms with Crippen LogP contribution in [0.3, 0.4) is 0 Å². The van der Waals surface area contributed by atoms with Crippen molar-refractivity contribution in [2.45, 2.75) is 12.8 Å². The van der Waals surface area contributed by atoms with E-state index in [1.807, 2.05) is 6.20 Å². The van der Waals surface area contributed by atoms with Gasteiger partial charge in [0.1, 0.15) is 0 Å². The molecule has 1 heterocycles. The molecule has 1 fully saturated rings. The van der Waals surface area contributed by atoms with E-state index in [1.165, 1.54) is 18.5 Å². The second-order valence-electron chi connectivity index (χ2n) is 2.76. The molecular weight excluding hydrogens is 251 g/mol. The number of aliphatic imine (C=N–C) groups is 1. The molecule has 1 aliphatic carbocycles. The van der Waals surface area contributed by atoms with Crippen LogP contribution in [0, 0.1) is 0 Å². The predicted molar refractivity (Wildman–Crippen MR) is 54.6 cm³/mol. The van der Waals surface area contributed by atoms with Crippen molar-refractivity contribution in [3.8, 4) is 0 Å². The van der Waals surface area contributed by atoms with Gasteiger partial charge in [-0.15, -0.1) is 0 Å². The highest BCUT2D eigenvalue weighted by atomic mass is 127. The average Bonchev–Trinajstić information content (AvgIpc) is 2.77. The first-order chi connectivity index (χ1) is 5.29. The molecule has 0 saturated heterocycles. The Labute approximate surface area is 79.8 Å². The highest BCUT2D eigenvalue weighted by Crippen LogP contribution is 2.34. The average molecular weight is 260 g/mol. The smallest absolute Gasteiger partial charge is 0.171 e. The van der Waals surface area contributed by atoms with Gasteiger partial charge in [-0.1, -0.05) is 0 Å². The van der Waals surface area contributed by atoms with E-state index in [-0.39, 0.29) is 0 Å². The molecule has 0 aromatic heterocycles. The monoisotopic (exact) mass is 260 g/mol. The third-order valence-electron chi connectivity index (χ3n) is 1.91. The van der Waals surface area contributed by atoms with E-state index < -0.39 is 0 Å². The number of allylic oxidation sites excluding steroid dienone is 2. The molecule has 0 spiro atoms. The summed E-state index contributed by atoms with van der Waals surface area (Å²) >= 11 is 2.25. The molecule has 0 radical (unpaired) electrons. The Morgan fingerprint density at radius 2 is 2.27 bits per heavy atom. The largest absolute Gasteiger partial charge is 0.324 e. The maximum Gasteiger partial charge on any atom is 0.171 e. The summed E-state index contributed by atoms with van der Waals surface area (Å²) in [5.41, 5.74) is 2.91. The van der Waals surface area contributed by atoms with Crippen molar-refractivity contribution in [3.63, 3.8) is 0 Å². The van der Waals surface area contributed by atoms with Gasteiger partial charge in [-0.2, -0.15) is 0 Å². The van der Waals surface area contributed by atoms with E-state index in [2.05, 4.69) is 45.6 Å². The first-order valence-corrected chi connectivity index (χ1v) is 4.72. The number of hydrogen-bond donors (Lipinski definition) is 0. The van der Waals surface area contributed by atoms with Crippen LogP contribution in [0.25, 0.3) is 0 Å². The van der Waals surface area contributed by atoms with Gasteiger partial charge in [0, 0.05) is 18.9 Å². The Morgan fingerprint density at radius 1 is 1.55 bits per heavy atom. The number of halogens is 1. The van der Waals surface area contributed by atoms with E-state index in [9.17, 15) is 0 Å². The highest BCUT2D eigenvalue weighted by molar-refractivity contribution is 14.1. The number of amidine groups is 1. The van der Waals surface area contributed by atoms with Crippen LogP contribution >= 0.6 is 22.6 Å². The van der Waals surface area contributed by atoms with Crippen molar-refractivity contribution in [2.24, 2.45) is 4.99 Å². The predicted octanol–water partition coefficient (Wildman–Crippen LogP) is 2.28. The maximum atomic E-state index is 4.19. The highest BCUT2D eigenvalue weighted by Gasteiger charge is 2.21. The summed E-state index contributed by atoms with van der Waals surface area (Å²) in [6.45, 7) is 0. The van der Waals surface area contributed by atoms with E-state index in [0.29, 0.717) is 0 Å². The van der Waals surface area contributed by atoms with Crippen LogP contribution in [0.1, 0.15) is 12.8 Å². The van der Waals surface area contributed by atoms with Gasteiger partial charge in [-0.05, 0) is 47.1 Å². The van der Waals surface area contributed by atoms with Crippen molar-refractivity contribution in [1.82, 2.24) is 4.90 Å². The fourth-order valence-corrected chi connectivity index (χ4v) is 1.56. The molecule has 0 aromatic carbocycles. The minimum atomic E-state index is 1.06. The molecule has 0 aromatic rings. The van der Waals surface area contributed by atoms with Crippen molar-refractivity contribution in [3.05, 3.63) is 23.5 Å². The topological polar surface area (TPSA) is 15.6 Å². The van der Waals surface area contributed by atoms with Crippen LogP contribution in [0.2, 0.25) is 0 Å². The van der Waals surface area contributed by atoms with E-state index in [4.69, 9.17) is 0 Å². The number of rotatable bonds is 0. The zero-order chi connectivity index (χ0) is 7.84. The lowest BCUT2D eigenvalue weighted by Gasteiger charge is -2.20. The Morgan fingerprint density at radius 3 is 2.91 bits per heavy atom. The quantitative estimate of drug-likeness (QED) is 0.482. The third kappa shape index (κ3) is 1.34. The first-order valence-electron chi connectivity index (χ1n) is 3.64. The molecule has 1 saturated carbocycles. The molecule has 1 aliphatic heterocycles. The van der Waals surface area contributed by atoms with Gasteiger partial charge in [-0.25, -0.2) is 4.99 Å². The second-order valence-corrected chi connectivity index (χ2v) is 3.73. The van der Waals surface area contributed by atoms with E-state index in [0.717, 1.165) is 3.84 Å². The SMILES string of the molecule is CN1C(I)=NC=CC1=C1CC1. The Hall–Kier alpha value is -0.320. The van der Waals surface area contributed by atoms with Crippen molar-refractivity contribution < 1.29 is 0 Å². The fourth-order valence-electron chi connectivity index (χ4n) is 1.14. The Kier molecular flexibility index (Phi) is 1.75. The molecule has 2 aliphatic rings. The number of hydrogen-bond acceptors (Lipinski definition) is 2. The molecule has 0 N–H and O–H groups in total. The van der Waals surface area contributed by atoms with Gasteiger partial charge in [-0.3, -0.25) is 0 Å². The minimum absolute atomic E-state index is 1.06. The van der Waals surface area contributed by atoms with Crippen LogP contribution in [0.5, 0.6) is 0 Å². The molecule has 0 bridgehead atoms. The standard InChI is InChI=1S/C8H9IN2/c1-11-7(6-2-3-6)4-5-10-8(11)9/h4-5H,2-3H2,1H3. The van der Waals surface area contributed by atoms with Gasteiger partial charge >= 0.3 is 0 Å². The van der Waals surface area contributed by atoms with Gasteiger partial charge in [0.25, 0.3) is 0 Å². The van der Waals surface area contributed by atoms with Crippen LogP contribution in [-0.4, -0.2) is 15.8 Å². The lowest BCUT2D eigenvalue weighted by molar-refractivity contribution is 0.654. The van der Waals surface area contributed by atoms with Crippen molar-refractivity contribution in [1.29, 1.82) is 0 Å².